The highest BCUT2D eigenvalue weighted by atomic mass is 16.2. The number of carbonyl (C=O) groups excluding carboxylic acids is 1. The second-order valence-corrected chi connectivity index (χ2v) is 4.56. The first-order valence-electron chi connectivity index (χ1n) is 5.97. The summed E-state index contributed by atoms with van der Waals surface area (Å²) in [6.45, 7) is 3.98. The van der Waals surface area contributed by atoms with Crippen molar-refractivity contribution in [1.82, 2.24) is 5.32 Å². The van der Waals surface area contributed by atoms with Gasteiger partial charge in [-0.15, -0.1) is 0 Å². The summed E-state index contributed by atoms with van der Waals surface area (Å²) in [7, 11) is 0. The average Bonchev–Trinajstić information content (AvgIpc) is 3.08. The third-order valence-electron chi connectivity index (χ3n) is 2.92. The first-order valence-corrected chi connectivity index (χ1v) is 5.97. The monoisotopic (exact) mass is 230 g/mol. The first-order chi connectivity index (χ1) is 8.16. The van der Waals surface area contributed by atoms with E-state index in [0.29, 0.717) is 5.92 Å². The molecule has 0 spiro atoms. The van der Waals surface area contributed by atoms with E-state index in [9.17, 15) is 4.79 Å². The van der Waals surface area contributed by atoms with Gasteiger partial charge in [0.25, 0.3) is 0 Å². The Morgan fingerprint density at radius 3 is 2.53 bits per heavy atom. The Bertz CT molecular complexity index is 427. The predicted molar refractivity (Wildman–Crippen MR) is 69.9 cm³/mol. The van der Waals surface area contributed by atoms with Crippen molar-refractivity contribution in [2.45, 2.75) is 26.7 Å². The van der Waals surface area contributed by atoms with Crippen molar-refractivity contribution < 1.29 is 4.79 Å². The maximum Gasteiger partial charge on any atom is 0.323 e. The molecule has 2 amide bonds. The van der Waals surface area contributed by atoms with E-state index in [0.717, 1.165) is 16.8 Å². The van der Waals surface area contributed by atoms with Crippen LogP contribution in [0.3, 0.4) is 0 Å². The molecule has 17 heavy (non-hydrogen) atoms. The van der Waals surface area contributed by atoms with E-state index < -0.39 is 0 Å². The summed E-state index contributed by atoms with van der Waals surface area (Å²) in [5.74, 6) is 0.676. The topological polar surface area (TPSA) is 41.1 Å². The molecule has 0 radical (unpaired) electrons. The van der Waals surface area contributed by atoms with Crippen LogP contribution < -0.4 is 10.6 Å². The van der Waals surface area contributed by atoms with Crippen molar-refractivity contribution in [3.05, 3.63) is 41.6 Å². The van der Waals surface area contributed by atoms with Crippen LogP contribution in [-0.4, -0.2) is 6.03 Å². The lowest BCUT2D eigenvalue weighted by molar-refractivity contribution is 0.255. The minimum absolute atomic E-state index is 0.181. The highest BCUT2D eigenvalue weighted by Gasteiger charge is 2.17. The number of hydrogen-bond donors (Lipinski definition) is 2. The van der Waals surface area contributed by atoms with Crippen LogP contribution in [-0.2, 0) is 0 Å². The number of aryl methyl sites for hydroxylation is 2. The minimum atomic E-state index is -0.181. The molecule has 1 aliphatic rings. The molecule has 1 aromatic rings. The van der Waals surface area contributed by atoms with E-state index in [4.69, 9.17) is 0 Å². The summed E-state index contributed by atoms with van der Waals surface area (Å²) in [4.78, 5) is 11.6. The third-order valence-corrected chi connectivity index (χ3v) is 2.92. The van der Waals surface area contributed by atoms with Crippen molar-refractivity contribution in [2.24, 2.45) is 5.92 Å². The number of rotatable bonds is 3. The second kappa shape index (κ2) is 5.04. The Morgan fingerprint density at radius 2 is 1.94 bits per heavy atom. The van der Waals surface area contributed by atoms with Crippen LogP contribution in [0.25, 0.3) is 0 Å². The molecule has 0 unspecified atom stereocenters. The Kier molecular flexibility index (Phi) is 3.47. The molecule has 2 N–H and O–H groups in total. The molecule has 1 fully saturated rings. The molecule has 3 nitrogen and oxygen atoms in total. The lowest BCUT2D eigenvalue weighted by Crippen LogP contribution is -2.24. The van der Waals surface area contributed by atoms with Crippen molar-refractivity contribution in [3.8, 4) is 0 Å². The molecule has 1 aliphatic carbocycles. The highest BCUT2D eigenvalue weighted by Crippen LogP contribution is 2.29. The fourth-order valence-electron chi connectivity index (χ4n) is 1.71. The molecule has 2 rings (SSSR count). The van der Waals surface area contributed by atoms with Gasteiger partial charge in [0.05, 0.1) is 0 Å². The van der Waals surface area contributed by atoms with Gasteiger partial charge in [-0.2, -0.15) is 0 Å². The molecule has 1 saturated carbocycles. The summed E-state index contributed by atoms with van der Waals surface area (Å²) in [5, 5.41) is 5.60. The number of amides is 2. The van der Waals surface area contributed by atoms with Gasteiger partial charge in [-0.25, -0.2) is 4.79 Å². The fraction of sp³-hybridized carbons (Fsp3) is 0.357. The van der Waals surface area contributed by atoms with Gasteiger partial charge in [-0.3, -0.25) is 0 Å². The lowest BCUT2D eigenvalue weighted by atomic mass is 10.1. The third kappa shape index (κ3) is 3.34. The summed E-state index contributed by atoms with van der Waals surface area (Å²) in [6.07, 6.45) is 6.28. The fourth-order valence-corrected chi connectivity index (χ4v) is 1.71. The molecule has 0 bridgehead atoms. The zero-order valence-corrected chi connectivity index (χ0v) is 10.3. The molecule has 0 saturated heterocycles. The van der Waals surface area contributed by atoms with E-state index in [1.54, 1.807) is 6.20 Å². The molecule has 0 aliphatic heterocycles. The first kappa shape index (κ1) is 11.7. The zero-order chi connectivity index (χ0) is 12.3. The highest BCUT2D eigenvalue weighted by molar-refractivity contribution is 5.91. The Balaban J connectivity index is 1.92. The number of hydrogen-bond acceptors (Lipinski definition) is 1. The van der Waals surface area contributed by atoms with Crippen LogP contribution in [0, 0.1) is 19.8 Å². The molecule has 3 heteroatoms. The number of urea groups is 1. The number of allylic oxidation sites excluding steroid dienone is 1. The maximum atomic E-state index is 11.6. The number of nitrogens with one attached hydrogen (secondary N) is 2. The molecule has 1 aromatic carbocycles. The van der Waals surface area contributed by atoms with Gasteiger partial charge in [0, 0.05) is 11.9 Å². The smallest absolute Gasteiger partial charge is 0.315 e. The molecular weight excluding hydrogens is 212 g/mol. The van der Waals surface area contributed by atoms with Crippen LogP contribution in [0.2, 0.25) is 0 Å². The maximum absolute atomic E-state index is 11.6. The van der Waals surface area contributed by atoms with Crippen LogP contribution in [0.1, 0.15) is 24.0 Å². The van der Waals surface area contributed by atoms with Gasteiger partial charge in [0.15, 0.2) is 0 Å². The van der Waals surface area contributed by atoms with Crippen LogP contribution in [0.4, 0.5) is 10.5 Å². The number of carbonyl (C=O) groups is 1. The lowest BCUT2D eigenvalue weighted by Gasteiger charge is -2.10. The van der Waals surface area contributed by atoms with Crippen molar-refractivity contribution >= 4 is 11.7 Å². The van der Waals surface area contributed by atoms with E-state index in [1.165, 1.54) is 12.8 Å². The normalized spacial score (nSPS) is 14.9. The number of benzene rings is 1. The standard InChI is InChI=1S/C14H18N2O/c1-10-4-3-5-11(2)13(10)16-14(17)15-9-8-12-6-7-12/h3-5,8-9,12H,6-7H2,1-2H3,(H2,15,16,17)/b9-8+. The predicted octanol–water partition coefficient (Wildman–Crippen LogP) is 3.35. The van der Waals surface area contributed by atoms with Crippen LogP contribution in [0.15, 0.2) is 30.5 Å². The molecule has 0 aromatic heterocycles. The van der Waals surface area contributed by atoms with Gasteiger partial charge in [-0.05, 0) is 43.7 Å². The van der Waals surface area contributed by atoms with Crippen LogP contribution in [0.5, 0.6) is 0 Å². The molecular formula is C14H18N2O. The van der Waals surface area contributed by atoms with Crippen molar-refractivity contribution in [3.63, 3.8) is 0 Å². The van der Waals surface area contributed by atoms with Crippen molar-refractivity contribution in [1.29, 1.82) is 0 Å². The van der Waals surface area contributed by atoms with E-state index in [2.05, 4.69) is 10.6 Å². The van der Waals surface area contributed by atoms with Gasteiger partial charge in [0.1, 0.15) is 0 Å². The SMILES string of the molecule is Cc1cccc(C)c1NC(=O)N/C=C/C1CC1. The quantitative estimate of drug-likeness (QED) is 0.821. The Hall–Kier alpha value is -1.77. The Morgan fingerprint density at radius 1 is 1.29 bits per heavy atom. The largest absolute Gasteiger partial charge is 0.323 e. The van der Waals surface area contributed by atoms with E-state index in [-0.39, 0.29) is 6.03 Å². The van der Waals surface area contributed by atoms with E-state index >= 15 is 0 Å². The average molecular weight is 230 g/mol. The Labute approximate surface area is 102 Å². The van der Waals surface area contributed by atoms with Gasteiger partial charge >= 0.3 is 6.03 Å². The van der Waals surface area contributed by atoms with Gasteiger partial charge in [0.2, 0.25) is 0 Å². The van der Waals surface area contributed by atoms with Gasteiger partial charge < -0.3 is 10.6 Å². The number of anilines is 1. The summed E-state index contributed by atoms with van der Waals surface area (Å²) < 4.78 is 0. The van der Waals surface area contributed by atoms with Gasteiger partial charge in [-0.1, -0.05) is 24.3 Å². The summed E-state index contributed by atoms with van der Waals surface area (Å²) >= 11 is 0. The van der Waals surface area contributed by atoms with Crippen molar-refractivity contribution in [2.75, 3.05) is 5.32 Å². The minimum Gasteiger partial charge on any atom is -0.315 e. The summed E-state index contributed by atoms with van der Waals surface area (Å²) in [6, 6.07) is 5.78. The second-order valence-electron chi connectivity index (χ2n) is 4.56. The molecule has 0 heterocycles. The summed E-state index contributed by atoms with van der Waals surface area (Å²) in [5.41, 5.74) is 3.04. The zero-order valence-electron chi connectivity index (χ0n) is 10.3. The van der Waals surface area contributed by atoms with E-state index in [1.807, 2.05) is 38.1 Å². The van der Waals surface area contributed by atoms with Crippen LogP contribution >= 0.6 is 0 Å². The molecule has 0 atom stereocenters. The number of para-hydroxylation sites is 1. The molecule has 90 valence electrons.